The van der Waals surface area contributed by atoms with Crippen LogP contribution < -0.4 is 15.0 Å². The molecule has 2 aromatic carbocycles. The van der Waals surface area contributed by atoms with Gasteiger partial charge in [-0.3, -0.25) is 14.4 Å². The third kappa shape index (κ3) is 4.18. The van der Waals surface area contributed by atoms with E-state index in [2.05, 4.69) is 49.1 Å². The molecule has 1 atom stereocenters. The van der Waals surface area contributed by atoms with Crippen LogP contribution in [0.1, 0.15) is 58.6 Å². The smallest absolute Gasteiger partial charge is 0.255 e. The first-order valence-corrected chi connectivity index (χ1v) is 13.6. The summed E-state index contributed by atoms with van der Waals surface area (Å²) < 4.78 is 14.9. The van der Waals surface area contributed by atoms with Gasteiger partial charge in [0.15, 0.2) is 11.5 Å². The normalized spacial score (nSPS) is 15.0. The summed E-state index contributed by atoms with van der Waals surface area (Å²) >= 11 is 6.65. The molecule has 0 amide bonds. The number of pyridine rings is 1. The lowest BCUT2D eigenvalue weighted by atomic mass is 10.0. The van der Waals surface area contributed by atoms with E-state index < -0.39 is 0 Å². The van der Waals surface area contributed by atoms with E-state index in [4.69, 9.17) is 21.1 Å². The fourth-order valence-corrected chi connectivity index (χ4v) is 6.27. The second-order valence-corrected chi connectivity index (χ2v) is 11.1. The number of halogens is 1. The van der Waals surface area contributed by atoms with Crippen molar-refractivity contribution in [3.63, 3.8) is 0 Å². The highest BCUT2D eigenvalue weighted by Crippen LogP contribution is 2.37. The van der Waals surface area contributed by atoms with Crippen LogP contribution in [0.4, 0.5) is 0 Å². The molecule has 0 saturated heterocycles. The van der Waals surface area contributed by atoms with E-state index in [-0.39, 0.29) is 18.4 Å². The number of hydrogen-bond donors (Lipinski definition) is 0. The molecule has 6 rings (SSSR count). The van der Waals surface area contributed by atoms with Crippen molar-refractivity contribution in [1.82, 2.24) is 19.2 Å². The van der Waals surface area contributed by atoms with E-state index in [0.29, 0.717) is 29.6 Å². The molecule has 8 heteroatoms. The Balaban J connectivity index is 1.43. The molecule has 1 aliphatic heterocycles. The molecular weight excluding hydrogens is 500 g/mol. The summed E-state index contributed by atoms with van der Waals surface area (Å²) in [7, 11) is 4.04. The molecule has 38 heavy (non-hydrogen) atoms. The van der Waals surface area contributed by atoms with E-state index in [1.807, 2.05) is 29.3 Å². The van der Waals surface area contributed by atoms with Gasteiger partial charge in [0.05, 0.1) is 17.8 Å². The number of aromatic nitrogens is 3. The molecule has 7 nitrogen and oxygen atoms in total. The highest BCUT2D eigenvalue weighted by Gasteiger charge is 2.23. The summed E-state index contributed by atoms with van der Waals surface area (Å²) in [5, 5.41) is 6.25. The third-order valence-electron chi connectivity index (χ3n) is 8.32. The van der Waals surface area contributed by atoms with Crippen LogP contribution in [0, 0.1) is 13.8 Å². The molecule has 0 radical (unpaired) electrons. The Labute approximate surface area is 227 Å². The van der Waals surface area contributed by atoms with Gasteiger partial charge in [-0.25, -0.2) is 0 Å². The Hall–Kier alpha value is -3.29. The number of hydrogen-bond acceptors (Lipinski definition) is 5. The molecule has 3 heterocycles. The SMILES string of the molecule is Cc1nn(C)c(C)c1C(C)N(C)Cc1cc2cc3c(cc2n(Cc2cc4c(cc2Cl)OCO4)c1=O)CCC3. The fourth-order valence-electron chi connectivity index (χ4n) is 6.05. The second kappa shape index (κ2) is 9.47. The van der Waals surface area contributed by atoms with Gasteiger partial charge >= 0.3 is 0 Å². The standard InChI is InChI=1S/C30H33ClN4O3/c1-17-29(19(3)34(5)32-17)18(2)33(4)14-24-10-22-9-20-7-6-8-21(20)11-26(22)35(30(24)36)15-23-12-27-28(13-25(23)31)38-16-37-27/h9-13,18H,6-8,14-16H2,1-5H3. The van der Waals surface area contributed by atoms with Crippen LogP contribution in [0.3, 0.4) is 0 Å². The van der Waals surface area contributed by atoms with Crippen molar-refractivity contribution < 1.29 is 9.47 Å². The summed E-state index contributed by atoms with van der Waals surface area (Å²) in [6, 6.07) is 10.3. The number of benzene rings is 2. The van der Waals surface area contributed by atoms with Crippen LogP contribution >= 0.6 is 11.6 Å². The van der Waals surface area contributed by atoms with E-state index in [1.54, 1.807) is 6.07 Å². The zero-order valence-corrected chi connectivity index (χ0v) is 23.4. The van der Waals surface area contributed by atoms with Gasteiger partial charge in [0.2, 0.25) is 6.79 Å². The predicted molar refractivity (Wildman–Crippen MR) is 149 cm³/mol. The number of ether oxygens (including phenoxy) is 2. The van der Waals surface area contributed by atoms with E-state index >= 15 is 0 Å². The molecule has 4 aromatic rings. The van der Waals surface area contributed by atoms with Crippen molar-refractivity contribution in [2.75, 3.05) is 13.8 Å². The Kier molecular flexibility index (Phi) is 6.23. The first-order chi connectivity index (χ1) is 18.2. The molecule has 1 unspecified atom stereocenters. The lowest BCUT2D eigenvalue weighted by Gasteiger charge is -2.26. The van der Waals surface area contributed by atoms with Crippen LogP contribution in [-0.4, -0.2) is 33.1 Å². The minimum absolute atomic E-state index is 0.00265. The van der Waals surface area contributed by atoms with Gasteiger partial charge in [0, 0.05) is 47.5 Å². The number of fused-ring (bicyclic) bond motifs is 3. The first kappa shape index (κ1) is 25.0. The molecule has 2 aliphatic rings. The largest absolute Gasteiger partial charge is 0.454 e. The molecule has 0 saturated carbocycles. The Morgan fingerprint density at radius 3 is 2.47 bits per heavy atom. The molecular formula is C30H33ClN4O3. The van der Waals surface area contributed by atoms with E-state index in [1.165, 1.54) is 16.7 Å². The fraction of sp³-hybridized carbons (Fsp3) is 0.400. The van der Waals surface area contributed by atoms with E-state index in [9.17, 15) is 4.79 Å². The molecule has 2 aromatic heterocycles. The molecule has 198 valence electrons. The summed E-state index contributed by atoms with van der Waals surface area (Å²) in [6.07, 6.45) is 3.29. The lowest BCUT2D eigenvalue weighted by Crippen LogP contribution is -2.30. The van der Waals surface area contributed by atoms with Crippen molar-refractivity contribution in [2.45, 2.75) is 59.2 Å². The van der Waals surface area contributed by atoms with Crippen LogP contribution in [-0.2, 0) is 33.0 Å². The quantitative estimate of drug-likeness (QED) is 0.330. The monoisotopic (exact) mass is 532 g/mol. The van der Waals surface area contributed by atoms with Crippen LogP contribution in [0.5, 0.6) is 11.5 Å². The average Bonchev–Trinajstić information content (AvgIpc) is 3.59. The van der Waals surface area contributed by atoms with Crippen molar-refractivity contribution >= 4 is 22.5 Å². The summed E-state index contributed by atoms with van der Waals surface area (Å²) in [4.78, 5) is 16.3. The molecule has 0 N–H and O–H groups in total. The van der Waals surface area contributed by atoms with Gasteiger partial charge < -0.3 is 14.0 Å². The van der Waals surface area contributed by atoms with Gasteiger partial charge in [-0.15, -0.1) is 0 Å². The number of aryl methyl sites for hydroxylation is 4. The zero-order chi connectivity index (χ0) is 26.7. The summed E-state index contributed by atoms with van der Waals surface area (Å²) in [6.45, 7) is 7.38. The molecule has 1 aliphatic carbocycles. The number of nitrogens with zero attached hydrogens (tertiary/aromatic N) is 4. The van der Waals surface area contributed by atoms with Crippen molar-refractivity contribution in [2.24, 2.45) is 7.05 Å². The van der Waals surface area contributed by atoms with Gasteiger partial charge in [0.1, 0.15) is 0 Å². The minimum Gasteiger partial charge on any atom is -0.454 e. The average molecular weight is 533 g/mol. The highest BCUT2D eigenvalue weighted by atomic mass is 35.5. The summed E-state index contributed by atoms with van der Waals surface area (Å²) in [5.41, 5.74) is 8.65. The van der Waals surface area contributed by atoms with Crippen LogP contribution in [0.2, 0.25) is 5.02 Å². The van der Waals surface area contributed by atoms with Gasteiger partial charge in [-0.2, -0.15) is 5.10 Å². The molecule has 0 bridgehead atoms. The van der Waals surface area contributed by atoms with Gasteiger partial charge in [0.25, 0.3) is 5.56 Å². The maximum absolute atomic E-state index is 14.1. The van der Waals surface area contributed by atoms with Crippen LogP contribution in [0.15, 0.2) is 35.1 Å². The van der Waals surface area contributed by atoms with E-state index in [0.717, 1.165) is 52.7 Å². The lowest BCUT2D eigenvalue weighted by molar-refractivity contribution is 0.174. The maximum Gasteiger partial charge on any atom is 0.255 e. The van der Waals surface area contributed by atoms with Crippen molar-refractivity contribution in [1.29, 1.82) is 0 Å². The second-order valence-electron chi connectivity index (χ2n) is 10.7. The Bertz CT molecular complexity index is 1640. The minimum atomic E-state index is 0.00265. The number of rotatable bonds is 6. The first-order valence-electron chi connectivity index (χ1n) is 13.2. The van der Waals surface area contributed by atoms with Crippen molar-refractivity contribution in [3.05, 3.63) is 84.9 Å². The summed E-state index contributed by atoms with van der Waals surface area (Å²) in [5.74, 6) is 1.30. The zero-order valence-electron chi connectivity index (χ0n) is 22.6. The highest BCUT2D eigenvalue weighted by molar-refractivity contribution is 6.31. The van der Waals surface area contributed by atoms with Gasteiger partial charge in [-0.05, 0) is 93.4 Å². The molecule has 0 fully saturated rings. The maximum atomic E-state index is 14.1. The Morgan fingerprint density at radius 2 is 1.76 bits per heavy atom. The Morgan fingerprint density at radius 1 is 1.05 bits per heavy atom. The topological polar surface area (TPSA) is 61.5 Å². The third-order valence-corrected chi connectivity index (χ3v) is 8.67. The molecule has 0 spiro atoms. The van der Waals surface area contributed by atoms with Crippen LogP contribution in [0.25, 0.3) is 10.9 Å². The predicted octanol–water partition coefficient (Wildman–Crippen LogP) is 5.46. The van der Waals surface area contributed by atoms with Gasteiger partial charge in [-0.1, -0.05) is 11.6 Å². The van der Waals surface area contributed by atoms with Crippen molar-refractivity contribution in [3.8, 4) is 11.5 Å².